The van der Waals surface area contributed by atoms with Crippen molar-refractivity contribution < 1.29 is 21.6 Å². The zero-order valence-corrected chi connectivity index (χ0v) is 13.6. The first-order valence-corrected chi connectivity index (χ1v) is 8.76. The van der Waals surface area contributed by atoms with Crippen LogP contribution < -0.4 is 0 Å². The highest BCUT2D eigenvalue weighted by molar-refractivity contribution is 7.95. The number of nitrogens with zero attached hydrogens (tertiary/aromatic N) is 3. The Morgan fingerprint density at radius 3 is 2.57 bits per heavy atom. The van der Waals surface area contributed by atoms with Crippen LogP contribution in [0.4, 0.5) is 13.2 Å². The molecule has 0 aliphatic heterocycles. The molecule has 0 fully saturated rings. The number of thiophene rings is 1. The molecule has 2 aromatic rings. The highest BCUT2D eigenvalue weighted by atomic mass is 32.2. The summed E-state index contributed by atoms with van der Waals surface area (Å²) >= 11 is 1.06. The first-order valence-electron chi connectivity index (χ1n) is 6.05. The number of aromatic nitrogens is 2. The van der Waals surface area contributed by atoms with E-state index >= 15 is 0 Å². The fourth-order valence-corrected chi connectivity index (χ4v) is 3.34. The molecular weight excluding hydrogens is 351 g/mol. The van der Waals surface area contributed by atoms with E-state index in [1.54, 1.807) is 12.1 Å². The molecule has 0 bridgehead atoms. The molecule has 10 heteroatoms. The molecule has 0 aliphatic rings. The number of allylic oxidation sites excluding steroid dienone is 1. The Kier molecular flexibility index (Phi) is 4.37. The second kappa shape index (κ2) is 5.82. The molecule has 2 aromatic heterocycles. The Balaban J connectivity index is 2.43. The van der Waals surface area contributed by atoms with Gasteiger partial charge in [-0.05, 0) is 24.3 Å². The number of halogens is 3. The van der Waals surface area contributed by atoms with Gasteiger partial charge >= 0.3 is 6.18 Å². The van der Waals surface area contributed by atoms with Crippen LogP contribution in [0.3, 0.4) is 0 Å². The Bertz CT molecular complexity index is 915. The van der Waals surface area contributed by atoms with Crippen LogP contribution in [-0.2, 0) is 23.1 Å². The van der Waals surface area contributed by atoms with Crippen LogP contribution in [0.1, 0.15) is 10.6 Å². The average Bonchev–Trinajstić information content (AvgIpc) is 3.00. The summed E-state index contributed by atoms with van der Waals surface area (Å²) in [6, 6.07) is 5.58. The average molecular weight is 361 g/mol. The molecule has 2 heterocycles. The Morgan fingerprint density at radius 2 is 2.09 bits per heavy atom. The SMILES string of the molecule is Cn1nc(C(F)(F)F)cc1-c1ccc(C=C(C#N)S(C)(=O)=O)s1. The van der Waals surface area contributed by atoms with Crippen molar-refractivity contribution in [2.75, 3.05) is 6.26 Å². The molecule has 23 heavy (non-hydrogen) atoms. The van der Waals surface area contributed by atoms with Crippen molar-refractivity contribution in [1.82, 2.24) is 9.78 Å². The molecule has 5 nitrogen and oxygen atoms in total. The van der Waals surface area contributed by atoms with E-state index in [4.69, 9.17) is 5.26 Å². The van der Waals surface area contributed by atoms with E-state index in [2.05, 4.69) is 5.10 Å². The van der Waals surface area contributed by atoms with Gasteiger partial charge in [0.25, 0.3) is 0 Å². The van der Waals surface area contributed by atoms with E-state index in [0.717, 1.165) is 28.3 Å². The lowest BCUT2D eigenvalue weighted by Crippen LogP contribution is -2.06. The van der Waals surface area contributed by atoms with Crippen molar-refractivity contribution in [2.24, 2.45) is 7.05 Å². The summed E-state index contributed by atoms with van der Waals surface area (Å²) in [5.74, 6) is 0. The van der Waals surface area contributed by atoms with Crippen molar-refractivity contribution in [2.45, 2.75) is 6.18 Å². The third-order valence-corrected chi connectivity index (χ3v) is 4.90. The summed E-state index contributed by atoms with van der Waals surface area (Å²) in [5, 5.41) is 12.3. The second-order valence-electron chi connectivity index (χ2n) is 4.63. The maximum Gasteiger partial charge on any atom is 0.435 e. The molecule has 2 rings (SSSR count). The molecule has 0 aliphatic carbocycles. The number of aryl methyl sites for hydroxylation is 1. The van der Waals surface area contributed by atoms with E-state index in [-0.39, 0.29) is 5.69 Å². The normalized spacial score (nSPS) is 13.1. The molecular formula is C13H10F3N3O2S2. The number of alkyl halides is 3. The van der Waals surface area contributed by atoms with Crippen LogP contribution >= 0.6 is 11.3 Å². The van der Waals surface area contributed by atoms with Crippen LogP contribution in [0.5, 0.6) is 0 Å². The fourth-order valence-electron chi connectivity index (χ4n) is 1.76. The molecule has 0 amide bonds. The summed E-state index contributed by atoms with van der Waals surface area (Å²) in [5.41, 5.74) is -0.755. The van der Waals surface area contributed by atoms with Gasteiger partial charge in [-0.15, -0.1) is 11.3 Å². The molecule has 0 saturated heterocycles. The molecule has 0 atom stereocenters. The Hall–Kier alpha value is -2.12. The zero-order valence-electron chi connectivity index (χ0n) is 11.9. The first kappa shape index (κ1) is 17.2. The Morgan fingerprint density at radius 1 is 1.43 bits per heavy atom. The number of sulfone groups is 1. The monoisotopic (exact) mass is 361 g/mol. The van der Waals surface area contributed by atoms with Crippen LogP contribution in [0.2, 0.25) is 0 Å². The lowest BCUT2D eigenvalue weighted by Gasteiger charge is -1.98. The van der Waals surface area contributed by atoms with Gasteiger partial charge in [0.15, 0.2) is 15.5 Å². The number of hydrogen-bond donors (Lipinski definition) is 0. The highest BCUT2D eigenvalue weighted by Crippen LogP contribution is 2.34. The highest BCUT2D eigenvalue weighted by Gasteiger charge is 2.34. The predicted molar refractivity (Wildman–Crippen MR) is 80.0 cm³/mol. The molecule has 0 spiro atoms. The van der Waals surface area contributed by atoms with E-state index in [1.165, 1.54) is 19.2 Å². The molecule has 0 aromatic carbocycles. The molecule has 0 unspecified atom stereocenters. The standard InChI is InChI=1S/C13H10F3N3O2S2/c1-19-10(6-12(18-19)13(14,15)16)11-4-3-8(22-11)5-9(7-17)23(2,20)21/h3-6H,1-2H3. The molecule has 0 saturated carbocycles. The van der Waals surface area contributed by atoms with E-state index in [0.29, 0.717) is 9.75 Å². The predicted octanol–water partition coefficient (Wildman–Crippen LogP) is 3.08. The maximum atomic E-state index is 12.7. The minimum atomic E-state index is -4.54. The van der Waals surface area contributed by atoms with Gasteiger partial charge in [0.1, 0.15) is 11.0 Å². The van der Waals surface area contributed by atoms with Crippen LogP contribution in [-0.4, -0.2) is 24.5 Å². The summed E-state index contributed by atoms with van der Waals surface area (Å²) < 4.78 is 61.9. The van der Waals surface area contributed by atoms with Crippen LogP contribution in [0.15, 0.2) is 23.1 Å². The first-order chi connectivity index (χ1) is 10.5. The Labute approximate surface area is 134 Å². The van der Waals surface area contributed by atoms with Crippen molar-refractivity contribution in [1.29, 1.82) is 5.26 Å². The molecule has 122 valence electrons. The quantitative estimate of drug-likeness (QED) is 0.788. The van der Waals surface area contributed by atoms with Crippen molar-refractivity contribution in [3.05, 3.63) is 33.7 Å². The number of rotatable bonds is 3. The minimum absolute atomic E-state index is 0.250. The van der Waals surface area contributed by atoms with Gasteiger partial charge in [-0.3, -0.25) is 4.68 Å². The fraction of sp³-hybridized carbons (Fsp3) is 0.231. The van der Waals surface area contributed by atoms with E-state index in [1.807, 2.05) is 0 Å². The summed E-state index contributed by atoms with van der Waals surface area (Å²) in [6.07, 6.45) is -2.45. The third-order valence-electron chi connectivity index (χ3n) is 2.83. The minimum Gasteiger partial charge on any atom is -0.267 e. The van der Waals surface area contributed by atoms with Crippen molar-refractivity contribution in [3.8, 4) is 16.6 Å². The topological polar surface area (TPSA) is 75.8 Å². The summed E-state index contributed by atoms with van der Waals surface area (Å²) in [6.45, 7) is 0. The van der Waals surface area contributed by atoms with Gasteiger partial charge in [-0.25, -0.2) is 8.42 Å². The van der Waals surface area contributed by atoms with Gasteiger partial charge < -0.3 is 0 Å². The maximum absolute atomic E-state index is 12.7. The van der Waals surface area contributed by atoms with Crippen molar-refractivity contribution in [3.63, 3.8) is 0 Å². The number of nitriles is 1. The van der Waals surface area contributed by atoms with Crippen LogP contribution in [0, 0.1) is 11.3 Å². The van der Waals surface area contributed by atoms with E-state index in [9.17, 15) is 21.6 Å². The number of hydrogen-bond acceptors (Lipinski definition) is 5. The van der Waals surface area contributed by atoms with Crippen LogP contribution in [0.25, 0.3) is 16.6 Å². The van der Waals surface area contributed by atoms with Gasteiger partial charge in [-0.2, -0.15) is 23.5 Å². The largest absolute Gasteiger partial charge is 0.435 e. The zero-order chi connectivity index (χ0) is 17.4. The molecule has 0 N–H and O–H groups in total. The molecule has 0 radical (unpaired) electrons. The third kappa shape index (κ3) is 3.80. The van der Waals surface area contributed by atoms with E-state index < -0.39 is 26.6 Å². The second-order valence-corrected chi connectivity index (χ2v) is 7.73. The van der Waals surface area contributed by atoms with Gasteiger partial charge in [-0.1, -0.05) is 0 Å². The smallest absolute Gasteiger partial charge is 0.267 e. The summed E-state index contributed by atoms with van der Waals surface area (Å²) in [4.78, 5) is 0.510. The lowest BCUT2D eigenvalue weighted by molar-refractivity contribution is -0.141. The summed E-state index contributed by atoms with van der Waals surface area (Å²) in [7, 11) is -2.27. The van der Waals surface area contributed by atoms with Crippen molar-refractivity contribution >= 4 is 27.3 Å². The van der Waals surface area contributed by atoms with Gasteiger partial charge in [0.2, 0.25) is 0 Å². The lowest BCUT2D eigenvalue weighted by atomic mass is 10.3. The van der Waals surface area contributed by atoms with Gasteiger partial charge in [0, 0.05) is 18.2 Å². The van der Waals surface area contributed by atoms with Gasteiger partial charge in [0.05, 0.1) is 10.6 Å².